The van der Waals surface area contributed by atoms with Gasteiger partial charge in [-0.25, -0.2) is 0 Å². The Hall–Kier alpha value is -10.9. The van der Waals surface area contributed by atoms with Gasteiger partial charge in [0.05, 0.1) is 67.2 Å². The van der Waals surface area contributed by atoms with Crippen LogP contribution >= 0.6 is 0 Å². The van der Waals surface area contributed by atoms with Gasteiger partial charge in [-0.3, -0.25) is 0 Å². The molecule has 96 heavy (non-hydrogen) atoms. The molecule has 4 aromatic heterocycles. The maximum atomic E-state index is 2.69. The van der Waals surface area contributed by atoms with Gasteiger partial charge in [0, 0.05) is 65.0 Å². The number of fused-ring (bicyclic) bond motifs is 18. The van der Waals surface area contributed by atoms with Gasteiger partial charge in [-0.15, -0.1) is 0 Å². The second-order valence-electron chi connectivity index (χ2n) is 30.4. The van der Waals surface area contributed by atoms with Gasteiger partial charge in [-0.05, 0) is 126 Å². The van der Waals surface area contributed by atoms with Gasteiger partial charge in [0.25, 0.3) is 0 Å². The number of hydrogen-bond donors (Lipinski definition) is 0. The minimum absolute atomic E-state index is 0.187. The standard InChI is InChI=1S/C92H74N4/c1-89(2,3)71-43-25-39-65-81-75(93(73-45-23-19-33-57(73)55-29-13-11-14-30-55)77-47-27-37-61-59-35-17-21-41-69(59)91(7,8)83(61)77)51-49-63-67-54-80-68(53-79(67)95(85(65)71)87(63)81)64-50-52-76(82-66-40-26-44-72(90(4,5)6)86(66)96(80)88(64)82)94(74-46-24-20-34-58(74)56-31-15-12-16-32-56)78-48-28-38-62-60-36-18-22-42-70(60)92(9,10)84(62)78/h11-54H,1-10H3. The lowest BCUT2D eigenvalue weighted by molar-refractivity contribution is 0.594. The summed E-state index contributed by atoms with van der Waals surface area (Å²) in [4.78, 5) is 5.28. The fourth-order valence-electron chi connectivity index (χ4n) is 18.1. The zero-order valence-electron chi connectivity index (χ0n) is 56.2. The van der Waals surface area contributed by atoms with Gasteiger partial charge in [0.15, 0.2) is 0 Å². The molecular weight excluding hydrogens is 1160 g/mol. The smallest absolute Gasteiger partial charge is 0.0641 e. The van der Waals surface area contributed by atoms with E-state index in [1.807, 2.05) is 0 Å². The van der Waals surface area contributed by atoms with Crippen molar-refractivity contribution in [2.24, 2.45) is 0 Å². The van der Waals surface area contributed by atoms with E-state index in [0.29, 0.717) is 0 Å². The largest absolute Gasteiger partial charge is 0.309 e. The molecular formula is C92H74N4. The summed E-state index contributed by atoms with van der Waals surface area (Å²) in [5.41, 5.74) is 31.5. The van der Waals surface area contributed by atoms with Gasteiger partial charge in [0.1, 0.15) is 0 Å². The molecule has 0 spiro atoms. The summed E-state index contributed by atoms with van der Waals surface area (Å²) in [5.74, 6) is 0. The predicted octanol–water partition coefficient (Wildman–Crippen LogP) is 25.5. The lowest BCUT2D eigenvalue weighted by atomic mass is 9.81. The van der Waals surface area contributed by atoms with E-state index < -0.39 is 0 Å². The van der Waals surface area contributed by atoms with E-state index in [1.165, 1.54) is 165 Å². The van der Waals surface area contributed by atoms with E-state index in [2.05, 4.69) is 355 Å². The SMILES string of the molecule is CC(C)(C)c1cccc2c3c(N(c4ccccc4-c4ccccc4)c4cccc5c4C(C)(C)c4ccccc4-5)ccc4c5cc6c(cc5n(c12)c43)c1ccc(N(c2ccccc2-c2ccccc2)c2cccc3c2C(C)(C)c2ccccc2-3)c2c3cccc(C(C)(C)C)c3n6c12. The Morgan fingerprint density at radius 3 is 1.02 bits per heavy atom. The van der Waals surface area contributed by atoms with Crippen LogP contribution < -0.4 is 9.80 Å². The van der Waals surface area contributed by atoms with Gasteiger partial charge in [0.2, 0.25) is 0 Å². The number of benzene rings is 13. The molecule has 2 aliphatic carbocycles. The summed E-state index contributed by atoms with van der Waals surface area (Å²) in [5, 5.41) is 10.00. The number of aromatic nitrogens is 2. The summed E-state index contributed by atoms with van der Waals surface area (Å²) in [7, 11) is 0. The number of nitrogens with zero attached hydrogens (tertiary/aromatic N) is 4. The highest BCUT2D eigenvalue weighted by Crippen LogP contribution is 2.60. The number of rotatable bonds is 8. The first-order chi connectivity index (χ1) is 46.5. The molecule has 0 saturated heterocycles. The molecule has 0 saturated carbocycles. The van der Waals surface area contributed by atoms with E-state index >= 15 is 0 Å². The number of anilines is 6. The van der Waals surface area contributed by atoms with Crippen molar-refractivity contribution < 1.29 is 0 Å². The molecule has 0 atom stereocenters. The lowest BCUT2D eigenvalue weighted by Crippen LogP contribution is -2.21. The number of hydrogen-bond acceptors (Lipinski definition) is 2. The summed E-state index contributed by atoms with van der Waals surface area (Å²) in [6.07, 6.45) is 0. The quantitative estimate of drug-likeness (QED) is 0.151. The van der Waals surface area contributed by atoms with Crippen LogP contribution in [-0.2, 0) is 21.7 Å². The minimum Gasteiger partial charge on any atom is -0.309 e. The molecule has 462 valence electrons. The summed E-state index contributed by atoms with van der Waals surface area (Å²) >= 11 is 0. The third kappa shape index (κ3) is 7.61. The molecule has 4 heterocycles. The Kier molecular flexibility index (Phi) is 11.7. The summed E-state index contributed by atoms with van der Waals surface area (Å²) in [6.45, 7) is 24.0. The second kappa shape index (κ2) is 19.8. The fourth-order valence-corrected chi connectivity index (χ4v) is 18.1. The highest BCUT2D eigenvalue weighted by molar-refractivity contribution is 6.33. The maximum absolute atomic E-state index is 2.69. The predicted molar refractivity (Wildman–Crippen MR) is 409 cm³/mol. The summed E-state index contributed by atoms with van der Waals surface area (Å²) < 4.78 is 5.37. The van der Waals surface area contributed by atoms with E-state index in [4.69, 9.17) is 0 Å². The van der Waals surface area contributed by atoms with Crippen molar-refractivity contribution in [1.29, 1.82) is 0 Å². The average molecular weight is 1240 g/mol. The molecule has 4 heteroatoms. The monoisotopic (exact) mass is 1230 g/mol. The zero-order chi connectivity index (χ0) is 65.1. The molecule has 0 N–H and O–H groups in total. The van der Waals surface area contributed by atoms with Crippen molar-refractivity contribution in [2.45, 2.75) is 90.9 Å². The highest BCUT2D eigenvalue weighted by Gasteiger charge is 2.42. The van der Waals surface area contributed by atoms with Gasteiger partial charge in [-0.2, -0.15) is 0 Å². The highest BCUT2D eigenvalue weighted by atomic mass is 15.2. The van der Waals surface area contributed by atoms with Crippen LogP contribution in [-0.4, -0.2) is 8.80 Å². The second-order valence-corrected chi connectivity index (χ2v) is 30.4. The Labute approximate surface area is 561 Å². The van der Waals surface area contributed by atoms with E-state index in [1.54, 1.807) is 0 Å². The molecule has 0 aliphatic heterocycles. The van der Waals surface area contributed by atoms with Crippen molar-refractivity contribution in [1.82, 2.24) is 8.80 Å². The lowest BCUT2D eigenvalue weighted by Gasteiger charge is -2.34. The molecule has 0 amide bonds. The molecule has 13 aromatic carbocycles. The third-order valence-corrected chi connectivity index (χ3v) is 22.1. The van der Waals surface area contributed by atoms with E-state index in [-0.39, 0.29) is 21.7 Å². The Balaban J connectivity index is 0.936. The first kappa shape index (κ1) is 56.6. The topological polar surface area (TPSA) is 15.3 Å². The first-order valence-corrected chi connectivity index (χ1v) is 34.3. The fraction of sp³-hybridized carbons (Fsp3) is 0.152. The Bertz CT molecular complexity index is 5720. The molecule has 4 nitrogen and oxygen atoms in total. The molecule has 0 fully saturated rings. The van der Waals surface area contributed by atoms with Crippen LogP contribution in [0.1, 0.15) is 103 Å². The van der Waals surface area contributed by atoms with Crippen LogP contribution in [0.25, 0.3) is 121 Å². The van der Waals surface area contributed by atoms with E-state index in [9.17, 15) is 0 Å². The van der Waals surface area contributed by atoms with Crippen LogP contribution in [0, 0.1) is 0 Å². The Morgan fingerprint density at radius 2 is 0.615 bits per heavy atom. The van der Waals surface area contributed by atoms with Crippen molar-refractivity contribution >= 4 is 110 Å². The van der Waals surface area contributed by atoms with Crippen LogP contribution in [0.4, 0.5) is 34.1 Å². The molecule has 0 radical (unpaired) electrons. The maximum Gasteiger partial charge on any atom is 0.0641 e. The normalized spacial score (nSPS) is 14.1. The van der Waals surface area contributed by atoms with Crippen molar-refractivity contribution in [2.75, 3.05) is 9.80 Å². The van der Waals surface area contributed by atoms with Crippen molar-refractivity contribution in [3.8, 4) is 44.5 Å². The Morgan fingerprint density at radius 1 is 0.271 bits per heavy atom. The van der Waals surface area contributed by atoms with Crippen molar-refractivity contribution in [3.05, 3.63) is 300 Å². The van der Waals surface area contributed by atoms with Gasteiger partial charge >= 0.3 is 0 Å². The molecule has 19 rings (SSSR count). The van der Waals surface area contributed by atoms with Crippen LogP contribution in [0.3, 0.4) is 0 Å². The van der Waals surface area contributed by atoms with Crippen LogP contribution in [0.5, 0.6) is 0 Å². The molecule has 0 unspecified atom stereocenters. The minimum atomic E-state index is -0.284. The third-order valence-electron chi connectivity index (χ3n) is 22.1. The molecule has 17 aromatic rings. The number of para-hydroxylation sites is 4. The zero-order valence-corrected chi connectivity index (χ0v) is 56.2. The first-order valence-electron chi connectivity index (χ1n) is 34.3. The average Bonchev–Trinajstić information content (AvgIpc) is 1.51. The van der Waals surface area contributed by atoms with Crippen molar-refractivity contribution in [3.63, 3.8) is 0 Å². The van der Waals surface area contributed by atoms with Crippen LogP contribution in [0.2, 0.25) is 0 Å². The molecule has 0 bridgehead atoms. The van der Waals surface area contributed by atoms with Gasteiger partial charge < -0.3 is 18.6 Å². The van der Waals surface area contributed by atoms with Crippen LogP contribution in [0.15, 0.2) is 267 Å². The summed E-state index contributed by atoms with van der Waals surface area (Å²) in [6, 6.07) is 102. The van der Waals surface area contributed by atoms with Gasteiger partial charge in [-0.1, -0.05) is 288 Å². The molecule has 2 aliphatic rings. The van der Waals surface area contributed by atoms with E-state index in [0.717, 1.165) is 22.7 Å².